The second-order valence-corrected chi connectivity index (χ2v) is 7.10. The van der Waals surface area contributed by atoms with Gasteiger partial charge < -0.3 is 16.0 Å². The van der Waals surface area contributed by atoms with Crippen LogP contribution in [0.4, 0.5) is 5.69 Å². The number of nitrogens with one attached hydrogen (secondary N) is 1. The van der Waals surface area contributed by atoms with Crippen LogP contribution in [0.2, 0.25) is 0 Å². The van der Waals surface area contributed by atoms with Crippen molar-refractivity contribution in [2.45, 2.75) is 45.1 Å². The van der Waals surface area contributed by atoms with Crippen LogP contribution in [0.3, 0.4) is 0 Å². The number of guanidine groups is 1. The van der Waals surface area contributed by atoms with Crippen LogP contribution >= 0.6 is 0 Å². The fraction of sp³-hybridized carbons (Fsp3) is 0.600. The molecular formula is C20H31N5O. The normalized spacial score (nSPS) is 20.4. The van der Waals surface area contributed by atoms with Crippen LogP contribution < -0.4 is 16.0 Å². The number of anilines is 1. The molecule has 142 valence electrons. The van der Waals surface area contributed by atoms with Crippen LogP contribution in [-0.2, 0) is 11.2 Å². The number of para-hydroxylation sites is 1. The van der Waals surface area contributed by atoms with Crippen molar-refractivity contribution in [2.75, 3.05) is 37.6 Å². The lowest BCUT2D eigenvalue weighted by Gasteiger charge is -2.21. The number of hydrogen-bond acceptors (Lipinski definition) is 3. The van der Waals surface area contributed by atoms with E-state index in [-0.39, 0.29) is 5.91 Å². The number of likely N-dealkylation sites (tertiary alicyclic amines) is 1. The summed E-state index contributed by atoms with van der Waals surface area (Å²) in [6.07, 6.45) is 4.70. The minimum Gasteiger partial charge on any atom is -0.370 e. The first kappa shape index (κ1) is 18.7. The first-order chi connectivity index (χ1) is 12.7. The van der Waals surface area contributed by atoms with E-state index < -0.39 is 0 Å². The molecule has 0 bridgehead atoms. The van der Waals surface area contributed by atoms with Gasteiger partial charge in [-0.15, -0.1) is 0 Å². The van der Waals surface area contributed by atoms with Crippen molar-refractivity contribution in [2.24, 2.45) is 10.7 Å². The predicted octanol–water partition coefficient (Wildman–Crippen LogP) is 1.74. The fourth-order valence-electron chi connectivity index (χ4n) is 3.97. The topological polar surface area (TPSA) is 74.0 Å². The molecule has 0 spiro atoms. The molecular weight excluding hydrogens is 326 g/mol. The Kier molecular flexibility index (Phi) is 6.50. The van der Waals surface area contributed by atoms with Crippen molar-refractivity contribution >= 4 is 17.6 Å². The summed E-state index contributed by atoms with van der Waals surface area (Å²) in [6.45, 7) is 6.68. The molecule has 3 N–H and O–H groups in total. The van der Waals surface area contributed by atoms with Gasteiger partial charge in [-0.3, -0.25) is 14.7 Å². The molecule has 1 atom stereocenters. The molecule has 1 aromatic rings. The van der Waals surface area contributed by atoms with Crippen LogP contribution in [0.5, 0.6) is 0 Å². The van der Waals surface area contributed by atoms with Gasteiger partial charge in [0.25, 0.3) is 0 Å². The SMILES string of the molecule is CCN1CCCC1CN=C(N)NCCCC(=O)N1CCc2ccccc21. The van der Waals surface area contributed by atoms with E-state index in [1.165, 1.54) is 24.9 Å². The van der Waals surface area contributed by atoms with Crippen LogP contribution in [0.15, 0.2) is 29.3 Å². The fourth-order valence-corrected chi connectivity index (χ4v) is 3.97. The van der Waals surface area contributed by atoms with E-state index in [1.54, 1.807) is 0 Å². The number of hydrogen-bond donors (Lipinski definition) is 2. The third-order valence-corrected chi connectivity index (χ3v) is 5.44. The van der Waals surface area contributed by atoms with Crippen LogP contribution in [-0.4, -0.2) is 55.5 Å². The molecule has 1 fully saturated rings. The Bertz CT molecular complexity index is 645. The Balaban J connectivity index is 1.36. The van der Waals surface area contributed by atoms with Gasteiger partial charge in [-0.1, -0.05) is 25.1 Å². The number of likely N-dealkylation sites (N-methyl/N-ethyl adjacent to an activating group) is 1. The van der Waals surface area contributed by atoms with Gasteiger partial charge in [-0.05, 0) is 50.4 Å². The summed E-state index contributed by atoms with van der Waals surface area (Å²) in [5.74, 6) is 0.684. The zero-order valence-electron chi connectivity index (χ0n) is 15.8. The van der Waals surface area contributed by atoms with Crippen molar-refractivity contribution in [1.82, 2.24) is 10.2 Å². The highest BCUT2D eigenvalue weighted by Crippen LogP contribution is 2.27. The van der Waals surface area contributed by atoms with Crippen LogP contribution in [0, 0.1) is 0 Å². The van der Waals surface area contributed by atoms with E-state index in [4.69, 9.17) is 5.73 Å². The zero-order valence-corrected chi connectivity index (χ0v) is 15.8. The van der Waals surface area contributed by atoms with Crippen molar-refractivity contribution in [3.8, 4) is 0 Å². The lowest BCUT2D eigenvalue weighted by Crippen LogP contribution is -2.36. The van der Waals surface area contributed by atoms with Crippen molar-refractivity contribution < 1.29 is 4.79 Å². The molecule has 0 saturated carbocycles. The summed E-state index contributed by atoms with van der Waals surface area (Å²) in [4.78, 5) is 21.3. The van der Waals surface area contributed by atoms with Gasteiger partial charge in [0.1, 0.15) is 0 Å². The van der Waals surface area contributed by atoms with Gasteiger partial charge in [0.05, 0.1) is 6.54 Å². The average Bonchev–Trinajstić information content (AvgIpc) is 3.29. The van der Waals surface area contributed by atoms with E-state index in [2.05, 4.69) is 28.2 Å². The number of nitrogens with zero attached hydrogens (tertiary/aromatic N) is 3. The van der Waals surface area contributed by atoms with Crippen molar-refractivity contribution in [3.05, 3.63) is 29.8 Å². The maximum Gasteiger partial charge on any atom is 0.227 e. The zero-order chi connectivity index (χ0) is 18.4. The Morgan fingerprint density at radius 1 is 1.35 bits per heavy atom. The summed E-state index contributed by atoms with van der Waals surface area (Å²) in [5, 5.41) is 3.14. The maximum atomic E-state index is 12.5. The number of aliphatic imine (C=N–C) groups is 1. The first-order valence-electron chi connectivity index (χ1n) is 9.85. The van der Waals surface area contributed by atoms with Gasteiger partial charge >= 0.3 is 0 Å². The Labute approximate surface area is 156 Å². The van der Waals surface area contributed by atoms with Gasteiger partial charge in [0.15, 0.2) is 5.96 Å². The molecule has 1 amide bonds. The minimum atomic E-state index is 0.191. The molecule has 2 aliphatic heterocycles. The number of fused-ring (bicyclic) bond motifs is 1. The second kappa shape index (κ2) is 9.03. The summed E-state index contributed by atoms with van der Waals surface area (Å²) < 4.78 is 0. The molecule has 3 rings (SSSR count). The minimum absolute atomic E-state index is 0.191. The molecule has 2 heterocycles. The number of rotatable bonds is 7. The van der Waals surface area contributed by atoms with Gasteiger partial charge in [-0.25, -0.2) is 0 Å². The second-order valence-electron chi connectivity index (χ2n) is 7.10. The summed E-state index contributed by atoms with van der Waals surface area (Å²) in [7, 11) is 0. The molecule has 1 unspecified atom stereocenters. The standard InChI is InChI=1S/C20H31N5O/c1-2-24-13-6-8-17(24)15-23-20(21)22-12-5-10-19(26)25-14-11-16-7-3-4-9-18(16)25/h3-4,7,9,17H,2,5-6,8,10-15H2,1H3,(H3,21,22,23). The van der Waals surface area contributed by atoms with Crippen molar-refractivity contribution in [3.63, 3.8) is 0 Å². The molecule has 0 aromatic heterocycles. The van der Waals surface area contributed by atoms with E-state index in [0.29, 0.717) is 25.0 Å². The van der Waals surface area contributed by atoms with E-state index >= 15 is 0 Å². The highest BCUT2D eigenvalue weighted by Gasteiger charge is 2.24. The van der Waals surface area contributed by atoms with Crippen molar-refractivity contribution in [1.29, 1.82) is 0 Å². The molecule has 1 aromatic carbocycles. The number of benzene rings is 1. The largest absolute Gasteiger partial charge is 0.370 e. The molecule has 26 heavy (non-hydrogen) atoms. The first-order valence-corrected chi connectivity index (χ1v) is 9.85. The maximum absolute atomic E-state index is 12.5. The van der Waals surface area contributed by atoms with Gasteiger partial charge in [0, 0.05) is 31.2 Å². The van der Waals surface area contributed by atoms with Crippen LogP contribution in [0.1, 0.15) is 38.2 Å². The summed E-state index contributed by atoms with van der Waals surface area (Å²) in [5.41, 5.74) is 8.31. The highest BCUT2D eigenvalue weighted by molar-refractivity contribution is 5.95. The third kappa shape index (κ3) is 4.55. The number of carbonyl (C=O) groups excluding carboxylic acids is 1. The Morgan fingerprint density at radius 2 is 2.19 bits per heavy atom. The molecule has 6 heteroatoms. The van der Waals surface area contributed by atoms with Gasteiger partial charge in [0.2, 0.25) is 5.91 Å². The van der Waals surface area contributed by atoms with E-state index in [1.807, 2.05) is 23.1 Å². The molecule has 1 saturated heterocycles. The van der Waals surface area contributed by atoms with Gasteiger partial charge in [-0.2, -0.15) is 0 Å². The summed E-state index contributed by atoms with van der Waals surface area (Å²) in [6, 6.07) is 8.69. The predicted molar refractivity (Wildman–Crippen MR) is 106 cm³/mol. The van der Waals surface area contributed by atoms with E-state index in [9.17, 15) is 4.79 Å². The molecule has 2 aliphatic rings. The van der Waals surface area contributed by atoms with E-state index in [0.717, 1.165) is 38.2 Å². The summed E-state index contributed by atoms with van der Waals surface area (Å²) >= 11 is 0. The van der Waals surface area contributed by atoms with Crippen LogP contribution in [0.25, 0.3) is 0 Å². The lowest BCUT2D eigenvalue weighted by molar-refractivity contribution is -0.118. The quantitative estimate of drug-likeness (QED) is 0.443. The number of carbonyl (C=O) groups is 1. The number of amides is 1. The Morgan fingerprint density at radius 3 is 3.04 bits per heavy atom. The molecule has 0 radical (unpaired) electrons. The molecule has 6 nitrogen and oxygen atoms in total. The lowest BCUT2D eigenvalue weighted by atomic mass is 10.2. The average molecular weight is 358 g/mol. The smallest absolute Gasteiger partial charge is 0.227 e. The highest BCUT2D eigenvalue weighted by atomic mass is 16.2. The number of nitrogens with two attached hydrogens (primary N) is 1. The molecule has 0 aliphatic carbocycles. The monoisotopic (exact) mass is 357 g/mol. The Hall–Kier alpha value is -2.08. The third-order valence-electron chi connectivity index (χ3n) is 5.44.